The summed E-state index contributed by atoms with van der Waals surface area (Å²) >= 11 is 5.25. The molecule has 0 radical (unpaired) electrons. The number of thiophene rings is 1. The molecule has 7 heteroatoms. The molecule has 0 aromatic carbocycles. The number of hydrogen-bond acceptors (Lipinski definition) is 4. The lowest BCUT2D eigenvalue weighted by Crippen LogP contribution is -2.47. The molecular formula is C19H30BrN3O2S. The van der Waals surface area contributed by atoms with Crippen LogP contribution in [0.5, 0.6) is 0 Å². The van der Waals surface area contributed by atoms with Crippen LogP contribution in [-0.4, -0.2) is 55.9 Å². The molecule has 26 heavy (non-hydrogen) atoms. The first kappa shape index (κ1) is 20.1. The van der Waals surface area contributed by atoms with Crippen molar-refractivity contribution in [3.63, 3.8) is 0 Å². The first-order valence-electron chi connectivity index (χ1n) is 9.74. The van der Waals surface area contributed by atoms with E-state index >= 15 is 0 Å². The van der Waals surface area contributed by atoms with Gasteiger partial charge in [-0.2, -0.15) is 0 Å². The standard InChI is InChI=1S/C19H30BrN3O2S/c1-2-21-19(22-12-18-11-15(20)14-26-18)23-8-6-16(7-9-23)25-13-17-5-3-4-10-24-17/h11,14,16-17H,2-10,12-13H2,1H3,(H,21,22). The Labute approximate surface area is 169 Å². The van der Waals surface area contributed by atoms with Gasteiger partial charge in [-0.15, -0.1) is 11.3 Å². The summed E-state index contributed by atoms with van der Waals surface area (Å²) in [7, 11) is 0. The minimum Gasteiger partial charge on any atom is -0.376 e. The summed E-state index contributed by atoms with van der Waals surface area (Å²) in [6.45, 7) is 7.39. The van der Waals surface area contributed by atoms with E-state index < -0.39 is 0 Å². The van der Waals surface area contributed by atoms with Crippen molar-refractivity contribution in [2.45, 2.75) is 57.8 Å². The van der Waals surface area contributed by atoms with Gasteiger partial charge in [-0.3, -0.25) is 0 Å². The first-order chi connectivity index (χ1) is 12.7. The average molecular weight is 444 g/mol. The quantitative estimate of drug-likeness (QED) is 0.532. The second-order valence-corrected chi connectivity index (χ2v) is 8.82. The van der Waals surface area contributed by atoms with Gasteiger partial charge in [0, 0.05) is 41.0 Å². The van der Waals surface area contributed by atoms with Crippen molar-refractivity contribution in [2.75, 3.05) is 32.8 Å². The third kappa shape index (κ3) is 6.22. The van der Waals surface area contributed by atoms with Gasteiger partial charge in [-0.1, -0.05) is 0 Å². The van der Waals surface area contributed by atoms with E-state index in [0.29, 0.717) is 12.2 Å². The number of nitrogens with zero attached hydrogens (tertiary/aromatic N) is 2. The summed E-state index contributed by atoms with van der Waals surface area (Å²) < 4.78 is 13.0. The molecule has 5 nitrogen and oxygen atoms in total. The fraction of sp³-hybridized carbons (Fsp3) is 0.737. The Bertz CT molecular complexity index is 567. The molecular weight excluding hydrogens is 414 g/mol. The number of nitrogens with one attached hydrogen (secondary N) is 1. The van der Waals surface area contributed by atoms with Crippen LogP contribution < -0.4 is 5.32 Å². The van der Waals surface area contributed by atoms with Crippen LogP contribution in [0.3, 0.4) is 0 Å². The van der Waals surface area contributed by atoms with E-state index in [1.54, 1.807) is 11.3 Å². The van der Waals surface area contributed by atoms with E-state index in [4.69, 9.17) is 14.5 Å². The van der Waals surface area contributed by atoms with Crippen LogP contribution in [0.25, 0.3) is 0 Å². The highest BCUT2D eigenvalue weighted by Gasteiger charge is 2.23. The number of halogens is 1. The molecule has 2 aliphatic heterocycles. The van der Waals surface area contributed by atoms with Gasteiger partial charge in [-0.05, 0) is 61.0 Å². The largest absolute Gasteiger partial charge is 0.376 e. The van der Waals surface area contributed by atoms with E-state index in [1.165, 1.54) is 17.7 Å². The molecule has 3 heterocycles. The molecule has 1 unspecified atom stereocenters. The van der Waals surface area contributed by atoms with Crippen molar-refractivity contribution < 1.29 is 9.47 Å². The summed E-state index contributed by atoms with van der Waals surface area (Å²) in [6, 6.07) is 2.14. The van der Waals surface area contributed by atoms with E-state index in [9.17, 15) is 0 Å². The zero-order valence-electron chi connectivity index (χ0n) is 15.6. The van der Waals surface area contributed by atoms with Crippen LogP contribution in [0.4, 0.5) is 0 Å². The highest BCUT2D eigenvalue weighted by atomic mass is 79.9. The van der Waals surface area contributed by atoms with Crippen molar-refractivity contribution in [1.29, 1.82) is 0 Å². The SMILES string of the molecule is CCNC(=NCc1cc(Br)cs1)N1CCC(OCC2CCCCO2)CC1. The highest BCUT2D eigenvalue weighted by Crippen LogP contribution is 2.21. The van der Waals surface area contributed by atoms with Crippen LogP contribution >= 0.6 is 27.3 Å². The monoisotopic (exact) mass is 443 g/mol. The molecule has 3 rings (SSSR count). The summed E-state index contributed by atoms with van der Waals surface area (Å²) in [5.41, 5.74) is 0. The van der Waals surface area contributed by atoms with Crippen molar-refractivity contribution in [3.05, 3.63) is 20.8 Å². The van der Waals surface area contributed by atoms with Crippen LogP contribution in [0, 0.1) is 0 Å². The summed E-state index contributed by atoms with van der Waals surface area (Å²) in [5.74, 6) is 1.02. The summed E-state index contributed by atoms with van der Waals surface area (Å²) in [6.07, 6.45) is 6.40. The fourth-order valence-corrected chi connectivity index (χ4v) is 4.81. The van der Waals surface area contributed by atoms with E-state index in [0.717, 1.165) is 69.1 Å². The normalized spacial score (nSPS) is 22.6. The molecule has 0 amide bonds. The van der Waals surface area contributed by atoms with E-state index in [-0.39, 0.29) is 0 Å². The Kier molecular flexibility index (Phi) is 8.23. The smallest absolute Gasteiger partial charge is 0.194 e. The van der Waals surface area contributed by atoms with Gasteiger partial charge in [0.1, 0.15) is 0 Å². The third-order valence-electron chi connectivity index (χ3n) is 4.87. The van der Waals surface area contributed by atoms with Gasteiger partial charge in [0.15, 0.2) is 5.96 Å². The molecule has 2 saturated heterocycles. The molecule has 2 fully saturated rings. The number of guanidine groups is 1. The van der Waals surface area contributed by atoms with Crippen LogP contribution in [0.1, 0.15) is 43.9 Å². The predicted octanol–water partition coefficient (Wildman–Crippen LogP) is 4.03. The van der Waals surface area contributed by atoms with Crippen molar-refractivity contribution in [3.8, 4) is 0 Å². The molecule has 0 saturated carbocycles. The molecule has 2 aliphatic rings. The minimum atomic E-state index is 0.311. The fourth-order valence-electron chi connectivity index (χ4n) is 3.43. The Hall–Kier alpha value is -0.630. The van der Waals surface area contributed by atoms with E-state index in [2.05, 4.69) is 44.5 Å². The topological polar surface area (TPSA) is 46.1 Å². The average Bonchev–Trinajstić information content (AvgIpc) is 3.10. The number of rotatable bonds is 6. The molecule has 1 atom stereocenters. The van der Waals surface area contributed by atoms with Crippen molar-refractivity contribution in [1.82, 2.24) is 10.2 Å². The zero-order valence-corrected chi connectivity index (χ0v) is 18.0. The maximum atomic E-state index is 6.13. The zero-order chi connectivity index (χ0) is 18.2. The highest BCUT2D eigenvalue weighted by molar-refractivity contribution is 9.10. The van der Waals surface area contributed by atoms with E-state index in [1.807, 2.05) is 0 Å². The first-order valence-corrected chi connectivity index (χ1v) is 11.4. The maximum Gasteiger partial charge on any atom is 0.194 e. The van der Waals surface area contributed by atoms with Crippen LogP contribution in [0.15, 0.2) is 20.9 Å². The van der Waals surface area contributed by atoms with Gasteiger partial charge in [0.2, 0.25) is 0 Å². The van der Waals surface area contributed by atoms with Crippen molar-refractivity contribution >= 4 is 33.2 Å². The van der Waals surface area contributed by atoms with Gasteiger partial charge >= 0.3 is 0 Å². The number of hydrogen-bond donors (Lipinski definition) is 1. The Morgan fingerprint density at radius 3 is 2.88 bits per heavy atom. The van der Waals surface area contributed by atoms with Crippen molar-refractivity contribution in [2.24, 2.45) is 4.99 Å². The molecule has 1 N–H and O–H groups in total. The van der Waals surface area contributed by atoms with Crippen LogP contribution in [-0.2, 0) is 16.0 Å². The molecule has 0 spiro atoms. The Balaban J connectivity index is 1.44. The molecule has 0 aliphatic carbocycles. The summed E-state index contributed by atoms with van der Waals surface area (Å²) in [4.78, 5) is 8.47. The summed E-state index contributed by atoms with van der Waals surface area (Å²) in [5, 5.41) is 5.54. The second kappa shape index (κ2) is 10.6. The lowest BCUT2D eigenvalue weighted by Gasteiger charge is -2.35. The van der Waals surface area contributed by atoms with Crippen LogP contribution in [0.2, 0.25) is 0 Å². The van der Waals surface area contributed by atoms with Gasteiger partial charge < -0.3 is 19.7 Å². The molecule has 1 aromatic heterocycles. The maximum absolute atomic E-state index is 6.13. The lowest BCUT2D eigenvalue weighted by atomic mass is 10.1. The Morgan fingerprint density at radius 2 is 2.23 bits per heavy atom. The van der Waals surface area contributed by atoms with Gasteiger partial charge in [0.05, 0.1) is 25.4 Å². The number of likely N-dealkylation sites (tertiary alicyclic amines) is 1. The lowest BCUT2D eigenvalue weighted by molar-refractivity contribution is -0.0721. The third-order valence-corrected chi connectivity index (χ3v) is 6.56. The Morgan fingerprint density at radius 1 is 1.38 bits per heavy atom. The molecule has 1 aromatic rings. The number of ether oxygens (including phenoxy) is 2. The predicted molar refractivity (Wildman–Crippen MR) is 111 cm³/mol. The molecule has 146 valence electrons. The minimum absolute atomic E-state index is 0.311. The van der Waals surface area contributed by atoms with Gasteiger partial charge in [0.25, 0.3) is 0 Å². The number of piperidine rings is 1. The van der Waals surface area contributed by atoms with Gasteiger partial charge in [-0.25, -0.2) is 4.99 Å². The second-order valence-electron chi connectivity index (χ2n) is 6.91. The molecule has 0 bridgehead atoms. The number of aliphatic imine (C=N–C) groups is 1.